The SMILES string of the molecule is CCNC(=O)[C@@H]1CCCN1C(=O)[C@@H](NC(=O)[C@H](CCC=CCC(=O)OC(C)C)NCCC1CCNCC1)C(C)C. The molecule has 0 aliphatic carbocycles. The molecule has 2 saturated heterocycles. The second kappa shape index (κ2) is 18.1. The van der Waals surface area contributed by atoms with E-state index in [1.54, 1.807) is 11.0 Å². The van der Waals surface area contributed by atoms with Crippen LogP contribution in [0.1, 0.15) is 86.0 Å². The van der Waals surface area contributed by atoms with Crippen molar-refractivity contribution in [2.75, 3.05) is 32.7 Å². The number of allylic oxidation sites excluding steroid dienone is 1. The summed E-state index contributed by atoms with van der Waals surface area (Å²) in [6.07, 6.45) is 9.57. The number of esters is 1. The summed E-state index contributed by atoms with van der Waals surface area (Å²) in [6, 6.07) is -1.67. The van der Waals surface area contributed by atoms with Crippen LogP contribution >= 0.6 is 0 Å². The number of amides is 3. The minimum absolute atomic E-state index is 0.130. The second-order valence-electron chi connectivity index (χ2n) is 11.6. The van der Waals surface area contributed by atoms with Gasteiger partial charge in [0.1, 0.15) is 12.1 Å². The predicted octanol–water partition coefficient (Wildman–Crippen LogP) is 2.28. The summed E-state index contributed by atoms with van der Waals surface area (Å²) in [7, 11) is 0. The Kier molecular flexibility index (Phi) is 15.2. The second-order valence-corrected chi connectivity index (χ2v) is 11.6. The fourth-order valence-electron chi connectivity index (χ4n) is 5.37. The van der Waals surface area contributed by atoms with Crippen molar-refractivity contribution in [3.63, 3.8) is 0 Å². The fraction of sp³-hybridized carbons (Fsp3) is 0.800. The zero-order chi connectivity index (χ0) is 29.5. The Morgan fingerprint density at radius 2 is 1.77 bits per heavy atom. The van der Waals surface area contributed by atoms with Gasteiger partial charge in [-0.05, 0) is 97.2 Å². The molecule has 0 aromatic heterocycles. The molecule has 2 fully saturated rings. The third kappa shape index (κ3) is 11.6. The Morgan fingerprint density at radius 3 is 2.42 bits per heavy atom. The monoisotopic (exact) mass is 563 g/mol. The van der Waals surface area contributed by atoms with Gasteiger partial charge in [0.2, 0.25) is 17.7 Å². The van der Waals surface area contributed by atoms with Crippen LogP contribution in [-0.4, -0.2) is 85.5 Å². The number of carbonyl (C=O) groups excluding carboxylic acids is 4. The Labute approximate surface area is 240 Å². The average molecular weight is 564 g/mol. The van der Waals surface area contributed by atoms with E-state index >= 15 is 0 Å². The summed E-state index contributed by atoms with van der Waals surface area (Å²) in [4.78, 5) is 53.1. The van der Waals surface area contributed by atoms with Gasteiger partial charge in [-0.25, -0.2) is 0 Å². The maximum absolute atomic E-state index is 13.6. The first kappa shape index (κ1) is 33.7. The molecule has 0 aromatic rings. The number of hydrogen-bond donors (Lipinski definition) is 4. The number of nitrogens with zero attached hydrogens (tertiary/aromatic N) is 1. The van der Waals surface area contributed by atoms with Crippen molar-refractivity contribution in [3.8, 4) is 0 Å². The molecule has 4 N–H and O–H groups in total. The van der Waals surface area contributed by atoms with Crippen molar-refractivity contribution in [1.29, 1.82) is 0 Å². The molecule has 0 aromatic carbocycles. The first-order chi connectivity index (χ1) is 19.1. The van der Waals surface area contributed by atoms with Gasteiger partial charge in [-0.3, -0.25) is 19.2 Å². The molecule has 2 aliphatic heterocycles. The van der Waals surface area contributed by atoms with E-state index in [-0.39, 0.29) is 42.1 Å². The van der Waals surface area contributed by atoms with Gasteiger partial charge in [0.05, 0.1) is 18.6 Å². The van der Waals surface area contributed by atoms with Crippen LogP contribution in [0.2, 0.25) is 0 Å². The number of piperidine rings is 1. The maximum atomic E-state index is 13.6. The summed E-state index contributed by atoms with van der Waals surface area (Å²) < 4.78 is 5.16. The zero-order valence-electron chi connectivity index (χ0n) is 25.3. The highest BCUT2D eigenvalue weighted by Gasteiger charge is 2.39. The fourth-order valence-corrected chi connectivity index (χ4v) is 5.37. The number of nitrogens with one attached hydrogen (secondary N) is 4. The van der Waals surface area contributed by atoms with Crippen molar-refractivity contribution in [2.24, 2.45) is 11.8 Å². The van der Waals surface area contributed by atoms with Crippen LogP contribution in [0.25, 0.3) is 0 Å². The standard InChI is InChI=1S/C30H53N5O5/c1-6-32-29(38)25-12-10-20-35(25)30(39)27(21(2)3)34-28(37)24(33-19-16-23-14-17-31-18-15-23)11-8-7-9-13-26(36)40-22(4)5/h7,9,21-25,27,31,33H,6,8,10-20H2,1-5H3,(H,32,38)(H,34,37)/t24-,25-,27-/m0/s1. The summed E-state index contributed by atoms with van der Waals surface area (Å²) in [5.41, 5.74) is 0. The Bertz CT molecular complexity index is 840. The van der Waals surface area contributed by atoms with Gasteiger partial charge < -0.3 is 30.9 Å². The van der Waals surface area contributed by atoms with Crippen LogP contribution < -0.4 is 21.3 Å². The highest BCUT2D eigenvalue weighted by molar-refractivity contribution is 5.93. The molecule has 2 rings (SSSR count). The van der Waals surface area contributed by atoms with Crippen LogP contribution in [-0.2, 0) is 23.9 Å². The van der Waals surface area contributed by atoms with E-state index in [4.69, 9.17) is 4.74 Å². The molecular weight excluding hydrogens is 510 g/mol. The van der Waals surface area contributed by atoms with Gasteiger partial charge in [-0.2, -0.15) is 0 Å². The number of rotatable bonds is 16. The van der Waals surface area contributed by atoms with Crippen LogP contribution in [0.4, 0.5) is 0 Å². The van der Waals surface area contributed by atoms with E-state index in [1.165, 1.54) is 0 Å². The lowest BCUT2D eigenvalue weighted by Crippen LogP contribution is -2.57. The lowest BCUT2D eigenvalue weighted by molar-refractivity contribution is -0.146. The van der Waals surface area contributed by atoms with Crippen molar-refractivity contribution in [3.05, 3.63) is 12.2 Å². The van der Waals surface area contributed by atoms with E-state index < -0.39 is 18.1 Å². The molecule has 0 unspecified atom stereocenters. The van der Waals surface area contributed by atoms with Crippen LogP contribution in [0.5, 0.6) is 0 Å². The quantitative estimate of drug-likeness (QED) is 0.168. The molecule has 0 bridgehead atoms. The molecular formula is C30H53N5O5. The minimum Gasteiger partial charge on any atom is -0.463 e. The van der Waals surface area contributed by atoms with E-state index in [1.807, 2.05) is 40.7 Å². The van der Waals surface area contributed by atoms with E-state index in [0.717, 1.165) is 45.3 Å². The van der Waals surface area contributed by atoms with E-state index in [2.05, 4.69) is 21.3 Å². The first-order valence-electron chi connectivity index (χ1n) is 15.3. The number of likely N-dealkylation sites (N-methyl/N-ethyl adjacent to an activating group) is 1. The van der Waals surface area contributed by atoms with Crippen LogP contribution in [0.15, 0.2) is 12.2 Å². The third-order valence-electron chi connectivity index (χ3n) is 7.58. The summed E-state index contributed by atoms with van der Waals surface area (Å²) in [6.45, 7) is 13.1. The lowest BCUT2D eigenvalue weighted by atomic mass is 9.94. The molecule has 10 heteroatoms. The number of ether oxygens (including phenoxy) is 1. The largest absolute Gasteiger partial charge is 0.463 e. The Morgan fingerprint density at radius 1 is 1.05 bits per heavy atom. The van der Waals surface area contributed by atoms with Crippen LogP contribution in [0.3, 0.4) is 0 Å². The highest BCUT2D eigenvalue weighted by Crippen LogP contribution is 2.21. The summed E-state index contributed by atoms with van der Waals surface area (Å²) >= 11 is 0. The third-order valence-corrected chi connectivity index (χ3v) is 7.58. The Balaban J connectivity index is 2.02. The van der Waals surface area contributed by atoms with Crippen molar-refractivity contribution < 1.29 is 23.9 Å². The van der Waals surface area contributed by atoms with Crippen molar-refractivity contribution >= 4 is 23.7 Å². The van der Waals surface area contributed by atoms with Gasteiger partial charge in [0.15, 0.2) is 0 Å². The van der Waals surface area contributed by atoms with Gasteiger partial charge in [0, 0.05) is 13.1 Å². The molecule has 228 valence electrons. The predicted molar refractivity (Wildman–Crippen MR) is 156 cm³/mol. The average Bonchev–Trinajstić information content (AvgIpc) is 3.40. The topological polar surface area (TPSA) is 129 Å². The molecule has 2 aliphatic rings. The molecule has 3 amide bonds. The zero-order valence-corrected chi connectivity index (χ0v) is 25.3. The van der Waals surface area contributed by atoms with Crippen molar-refractivity contribution in [2.45, 2.75) is 110 Å². The van der Waals surface area contributed by atoms with E-state index in [9.17, 15) is 19.2 Å². The maximum Gasteiger partial charge on any atom is 0.309 e. The summed E-state index contributed by atoms with van der Waals surface area (Å²) in [5, 5.41) is 12.7. The summed E-state index contributed by atoms with van der Waals surface area (Å²) in [5.74, 6) is -0.312. The molecule has 40 heavy (non-hydrogen) atoms. The van der Waals surface area contributed by atoms with Gasteiger partial charge >= 0.3 is 5.97 Å². The smallest absolute Gasteiger partial charge is 0.309 e. The number of carbonyl (C=O) groups is 4. The van der Waals surface area contributed by atoms with E-state index in [0.29, 0.717) is 38.3 Å². The highest BCUT2D eigenvalue weighted by atomic mass is 16.5. The lowest BCUT2D eigenvalue weighted by Gasteiger charge is -2.31. The number of likely N-dealkylation sites (tertiary alicyclic amines) is 1. The van der Waals surface area contributed by atoms with Gasteiger partial charge in [-0.1, -0.05) is 26.0 Å². The number of hydrogen-bond acceptors (Lipinski definition) is 7. The molecule has 3 atom stereocenters. The molecule has 0 spiro atoms. The van der Waals surface area contributed by atoms with Crippen molar-refractivity contribution in [1.82, 2.24) is 26.2 Å². The first-order valence-corrected chi connectivity index (χ1v) is 15.3. The molecule has 0 radical (unpaired) electrons. The molecule has 0 saturated carbocycles. The molecule has 10 nitrogen and oxygen atoms in total. The minimum atomic E-state index is -0.711. The normalized spacial score (nSPS) is 19.7. The van der Waals surface area contributed by atoms with Gasteiger partial charge in [0.25, 0.3) is 0 Å². The van der Waals surface area contributed by atoms with Gasteiger partial charge in [-0.15, -0.1) is 0 Å². The Hall–Kier alpha value is -2.46. The van der Waals surface area contributed by atoms with Crippen LogP contribution in [0, 0.1) is 11.8 Å². The molecule has 2 heterocycles.